The van der Waals surface area contributed by atoms with Crippen LogP contribution in [0.5, 0.6) is 0 Å². The van der Waals surface area contributed by atoms with Crippen molar-refractivity contribution in [3.8, 4) is 0 Å². The number of hydrogen-bond donors (Lipinski definition) is 0. The van der Waals surface area contributed by atoms with Crippen molar-refractivity contribution >= 4 is 23.2 Å². The highest BCUT2D eigenvalue weighted by Crippen LogP contribution is 2.34. The standard InChI is InChI=1S/C18H20N2O3S/c1-11-7-13(9-14(8-11)18(22)23-3)17(21)20-6-4-5-15(20)16-19-12(2)10-24-16/h7-10,15H,4-6H2,1-3H3. The first-order valence-electron chi connectivity index (χ1n) is 7.92. The molecule has 24 heavy (non-hydrogen) atoms. The third kappa shape index (κ3) is 3.19. The zero-order valence-electron chi connectivity index (χ0n) is 14.0. The molecule has 1 saturated heterocycles. The van der Waals surface area contributed by atoms with Gasteiger partial charge in [-0.05, 0) is 50.5 Å². The Kier molecular flexibility index (Phi) is 4.66. The molecule has 1 aliphatic rings. The number of thiazole rings is 1. The number of nitrogens with zero attached hydrogens (tertiary/aromatic N) is 2. The molecule has 0 spiro atoms. The Bertz CT molecular complexity index is 784. The molecule has 0 aliphatic carbocycles. The lowest BCUT2D eigenvalue weighted by molar-refractivity contribution is 0.0600. The van der Waals surface area contributed by atoms with Gasteiger partial charge in [0.15, 0.2) is 0 Å². The van der Waals surface area contributed by atoms with Gasteiger partial charge in [-0.1, -0.05) is 0 Å². The zero-order valence-corrected chi connectivity index (χ0v) is 14.9. The molecule has 1 unspecified atom stereocenters. The number of hydrogen-bond acceptors (Lipinski definition) is 5. The summed E-state index contributed by atoms with van der Waals surface area (Å²) in [6.45, 7) is 4.54. The van der Waals surface area contributed by atoms with Gasteiger partial charge in [0.25, 0.3) is 5.91 Å². The fourth-order valence-electron chi connectivity index (χ4n) is 3.10. The minimum absolute atomic E-state index is 0.0262. The third-order valence-corrected chi connectivity index (χ3v) is 5.24. The highest BCUT2D eigenvalue weighted by atomic mass is 32.1. The summed E-state index contributed by atoms with van der Waals surface area (Å²) in [6.07, 6.45) is 1.89. The molecule has 0 N–H and O–H groups in total. The molecular formula is C18H20N2O3S. The van der Waals surface area contributed by atoms with Gasteiger partial charge in [-0.25, -0.2) is 9.78 Å². The molecule has 1 amide bonds. The maximum atomic E-state index is 13.0. The second-order valence-electron chi connectivity index (χ2n) is 6.06. The highest BCUT2D eigenvalue weighted by molar-refractivity contribution is 7.09. The molecule has 1 atom stereocenters. The van der Waals surface area contributed by atoms with E-state index in [9.17, 15) is 9.59 Å². The monoisotopic (exact) mass is 344 g/mol. The normalized spacial score (nSPS) is 17.1. The second kappa shape index (κ2) is 6.73. The largest absolute Gasteiger partial charge is 0.465 e. The number of methoxy groups -OCH3 is 1. The van der Waals surface area contributed by atoms with Crippen molar-refractivity contribution in [1.29, 1.82) is 0 Å². The van der Waals surface area contributed by atoms with Gasteiger partial charge < -0.3 is 9.64 Å². The molecule has 3 rings (SSSR count). The van der Waals surface area contributed by atoms with Crippen LogP contribution in [0.2, 0.25) is 0 Å². The number of amides is 1. The molecule has 2 heterocycles. The first kappa shape index (κ1) is 16.6. The number of aryl methyl sites for hydroxylation is 2. The van der Waals surface area contributed by atoms with Gasteiger partial charge in [-0.15, -0.1) is 11.3 Å². The van der Waals surface area contributed by atoms with Crippen LogP contribution in [0.1, 0.15) is 55.9 Å². The van der Waals surface area contributed by atoms with Crippen LogP contribution in [0.3, 0.4) is 0 Å². The molecular weight excluding hydrogens is 324 g/mol. The van der Waals surface area contributed by atoms with Crippen molar-refractivity contribution in [3.05, 3.63) is 51.0 Å². The van der Waals surface area contributed by atoms with Crippen molar-refractivity contribution in [3.63, 3.8) is 0 Å². The summed E-state index contributed by atoms with van der Waals surface area (Å²) in [5.74, 6) is -0.486. The second-order valence-corrected chi connectivity index (χ2v) is 6.95. The summed E-state index contributed by atoms with van der Waals surface area (Å²) in [4.78, 5) is 31.2. The molecule has 1 aliphatic heterocycles. The predicted molar refractivity (Wildman–Crippen MR) is 92.4 cm³/mol. The molecule has 0 bridgehead atoms. The van der Waals surface area contributed by atoms with Crippen molar-refractivity contribution in [2.45, 2.75) is 32.7 Å². The van der Waals surface area contributed by atoms with E-state index in [0.717, 1.165) is 29.1 Å². The Morgan fingerprint density at radius 1 is 1.25 bits per heavy atom. The van der Waals surface area contributed by atoms with Gasteiger partial charge in [0, 0.05) is 23.2 Å². The summed E-state index contributed by atoms with van der Waals surface area (Å²) in [7, 11) is 1.34. The topological polar surface area (TPSA) is 59.5 Å². The van der Waals surface area contributed by atoms with Crippen LogP contribution in [0, 0.1) is 13.8 Å². The van der Waals surface area contributed by atoms with Gasteiger partial charge in [-0.2, -0.15) is 0 Å². The molecule has 1 aromatic heterocycles. The number of rotatable bonds is 3. The number of likely N-dealkylation sites (tertiary alicyclic amines) is 1. The Hall–Kier alpha value is -2.21. The summed E-state index contributed by atoms with van der Waals surface area (Å²) < 4.78 is 4.77. The molecule has 0 saturated carbocycles. The van der Waals surface area contributed by atoms with Gasteiger partial charge in [0.1, 0.15) is 5.01 Å². The fourth-order valence-corrected chi connectivity index (χ4v) is 4.04. The lowest BCUT2D eigenvalue weighted by Gasteiger charge is -2.23. The zero-order chi connectivity index (χ0) is 17.3. The van der Waals surface area contributed by atoms with Crippen LogP contribution < -0.4 is 0 Å². The van der Waals surface area contributed by atoms with Gasteiger partial charge in [0.2, 0.25) is 0 Å². The Morgan fingerprint density at radius 2 is 2.00 bits per heavy atom. The minimum Gasteiger partial charge on any atom is -0.465 e. The smallest absolute Gasteiger partial charge is 0.337 e. The maximum Gasteiger partial charge on any atom is 0.337 e. The molecule has 5 nitrogen and oxygen atoms in total. The highest BCUT2D eigenvalue weighted by Gasteiger charge is 2.32. The molecule has 1 aromatic carbocycles. The average molecular weight is 344 g/mol. The molecule has 1 fully saturated rings. The Labute approximate surface area is 145 Å². The molecule has 2 aromatic rings. The Balaban J connectivity index is 1.90. The van der Waals surface area contributed by atoms with Crippen LogP contribution >= 0.6 is 11.3 Å². The van der Waals surface area contributed by atoms with Crippen LogP contribution in [0.4, 0.5) is 0 Å². The number of esters is 1. The lowest BCUT2D eigenvalue weighted by atomic mass is 10.1. The van der Waals surface area contributed by atoms with Crippen molar-refractivity contribution in [2.75, 3.05) is 13.7 Å². The number of carbonyl (C=O) groups is 2. The van der Waals surface area contributed by atoms with E-state index >= 15 is 0 Å². The van der Waals surface area contributed by atoms with E-state index < -0.39 is 5.97 Å². The minimum atomic E-state index is -0.429. The quantitative estimate of drug-likeness (QED) is 0.799. The SMILES string of the molecule is COC(=O)c1cc(C)cc(C(=O)N2CCCC2c2nc(C)cs2)c1. The summed E-state index contributed by atoms with van der Waals surface area (Å²) in [5.41, 5.74) is 2.78. The Morgan fingerprint density at radius 3 is 2.67 bits per heavy atom. The van der Waals surface area contributed by atoms with E-state index in [-0.39, 0.29) is 11.9 Å². The van der Waals surface area contributed by atoms with E-state index in [1.807, 2.05) is 30.2 Å². The van der Waals surface area contributed by atoms with Gasteiger partial charge in [-0.3, -0.25) is 4.79 Å². The number of aromatic nitrogens is 1. The summed E-state index contributed by atoms with van der Waals surface area (Å²) in [5, 5.41) is 3.00. The first-order valence-corrected chi connectivity index (χ1v) is 8.80. The van der Waals surface area contributed by atoms with Crippen LogP contribution in [0.15, 0.2) is 23.6 Å². The van der Waals surface area contributed by atoms with E-state index in [1.165, 1.54) is 7.11 Å². The summed E-state index contributed by atoms with van der Waals surface area (Å²) in [6, 6.07) is 5.19. The van der Waals surface area contributed by atoms with Crippen LogP contribution in [-0.2, 0) is 4.74 Å². The molecule has 0 radical (unpaired) electrons. The van der Waals surface area contributed by atoms with E-state index in [4.69, 9.17) is 4.74 Å². The summed E-state index contributed by atoms with van der Waals surface area (Å²) >= 11 is 1.60. The lowest BCUT2D eigenvalue weighted by Crippen LogP contribution is -2.30. The number of ether oxygens (including phenoxy) is 1. The fraction of sp³-hybridized carbons (Fsp3) is 0.389. The van der Waals surface area contributed by atoms with E-state index in [1.54, 1.807) is 23.5 Å². The number of benzene rings is 1. The third-order valence-electron chi connectivity index (χ3n) is 4.18. The first-order chi connectivity index (χ1) is 11.5. The van der Waals surface area contributed by atoms with Crippen LogP contribution in [0.25, 0.3) is 0 Å². The van der Waals surface area contributed by atoms with Crippen molar-refractivity contribution in [1.82, 2.24) is 9.88 Å². The van der Waals surface area contributed by atoms with Gasteiger partial charge >= 0.3 is 5.97 Å². The predicted octanol–water partition coefficient (Wildman–Crippen LogP) is 3.52. The van der Waals surface area contributed by atoms with Crippen molar-refractivity contribution < 1.29 is 14.3 Å². The van der Waals surface area contributed by atoms with Crippen LogP contribution in [-0.4, -0.2) is 35.4 Å². The van der Waals surface area contributed by atoms with E-state index in [0.29, 0.717) is 17.7 Å². The van der Waals surface area contributed by atoms with E-state index in [2.05, 4.69) is 4.98 Å². The maximum absolute atomic E-state index is 13.0. The van der Waals surface area contributed by atoms with Crippen molar-refractivity contribution in [2.24, 2.45) is 0 Å². The molecule has 126 valence electrons. The average Bonchev–Trinajstić information content (AvgIpc) is 3.21. The molecule has 6 heteroatoms. The number of carbonyl (C=O) groups excluding carboxylic acids is 2. The van der Waals surface area contributed by atoms with Gasteiger partial charge in [0.05, 0.1) is 18.7 Å².